The molecule has 7 heteroatoms. The second kappa shape index (κ2) is 7.87. The molecule has 21 heavy (non-hydrogen) atoms. The van der Waals surface area contributed by atoms with Gasteiger partial charge in [0, 0.05) is 7.05 Å². The summed E-state index contributed by atoms with van der Waals surface area (Å²) in [6.45, 7) is 1.18. The van der Waals surface area contributed by atoms with E-state index in [-0.39, 0.29) is 13.2 Å². The monoisotopic (exact) mass is 291 g/mol. The van der Waals surface area contributed by atoms with Crippen LogP contribution in [0.25, 0.3) is 0 Å². The van der Waals surface area contributed by atoms with E-state index in [1.807, 2.05) is 6.07 Å². The molecule has 112 valence electrons. The van der Waals surface area contributed by atoms with E-state index >= 15 is 0 Å². The Balaban J connectivity index is 2.72. The number of amides is 3. The smallest absolute Gasteiger partial charge is 0.418 e. The number of carbonyl (C=O) groups is 2. The predicted molar refractivity (Wildman–Crippen MR) is 73.8 cm³/mol. The number of hydrogen-bond donors (Lipinski definition) is 1. The van der Waals surface area contributed by atoms with Crippen LogP contribution in [0.3, 0.4) is 0 Å². The first-order chi connectivity index (χ1) is 9.95. The fourth-order valence-electron chi connectivity index (χ4n) is 1.52. The van der Waals surface area contributed by atoms with Gasteiger partial charge in [-0.2, -0.15) is 5.26 Å². The van der Waals surface area contributed by atoms with Gasteiger partial charge < -0.3 is 9.84 Å². The van der Waals surface area contributed by atoms with E-state index < -0.39 is 18.2 Å². The normalized spacial score (nSPS) is 11.1. The standard InChI is InChI=1S/C14H17N3O4/c1-11(18)8-17(13(19)16(2)10-15)14(20)21-9-12-6-4-3-5-7-12/h3-7,11,18H,8-9H2,1-2H3/t11-/m0/s1. The SMILES string of the molecule is C[C@H](O)CN(C(=O)OCc1ccccc1)C(=O)N(C)C#N. The first kappa shape index (κ1) is 16.5. The van der Waals surface area contributed by atoms with Gasteiger partial charge in [-0.3, -0.25) is 0 Å². The lowest BCUT2D eigenvalue weighted by Crippen LogP contribution is -2.46. The molecular formula is C14H17N3O4. The van der Waals surface area contributed by atoms with Crippen LogP contribution in [0.5, 0.6) is 0 Å². The molecule has 0 aliphatic carbocycles. The number of aliphatic hydroxyl groups excluding tert-OH is 1. The molecule has 0 spiro atoms. The van der Waals surface area contributed by atoms with E-state index in [0.29, 0.717) is 9.80 Å². The van der Waals surface area contributed by atoms with Crippen LogP contribution < -0.4 is 0 Å². The van der Waals surface area contributed by atoms with Gasteiger partial charge >= 0.3 is 12.1 Å². The van der Waals surface area contributed by atoms with Crippen molar-refractivity contribution >= 4 is 12.1 Å². The molecule has 0 radical (unpaired) electrons. The molecule has 3 amide bonds. The van der Waals surface area contributed by atoms with Gasteiger partial charge in [0.1, 0.15) is 6.61 Å². The highest BCUT2D eigenvalue weighted by Gasteiger charge is 2.27. The molecule has 0 aliphatic rings. The molecular weight excluding hydrogens is 274 g/mol. The van der Waals surface area contributed by atoms with Gasteiger partial charge in [0.25, 0.3) is 0 Å². The number of nitrogens with zero attached hydrogens (tertiary/aromatic N) is 3. The Morgan fingerprint density at radius 2 is 2.00 bits per heavy atom. The molecule has 7 nitrogen and oxygen atoms in total. The zero-order valence-electron chi connectivity index (χ0n) is 11.9. The summed E-state index contributed by atoms with van der Waals surface area (Å²) in [5, 5.41) is 18.0. The summed E-state index contributed by atoms with van der Waals surface area (Å²) in [6.07, 6.45) is -0.236. The van der Waals surface area contributed by atoms with Gasteiger partial charge in [-0.15, -0.1) is 0 Å². The summed E-state index contributed by atoms with van der Waals surface area (Å²) in [6, 6.07) is 8.12. The highest BCUT2D eigenvalue weighted by Crippen LogP contribution is 2.06. The average molecular weight is 291 g/mol. The molecule has 1 N–H and O–H groups in total. The number of urea groups is 1. The molecule has 0 saturated heterocycles. The van der Waals surface area contributed by atoms with Crippen molar-refractivity contribution in [3.63, 3.8) is 0 Å². The van der Waals surface area contributed by atoms with Crippen LogP contribution >= 0.6 is 0 Å². The Labute approximate surface area is 122 Å². The Morgan fingerprint density at radius 3 is 2.52 bits per heavy atom. The number of nitriles is 1. The van der Waals surface area contributed by atoms with E-state index in [1.165, 1.54) is 14.0 Å². The van der Waals surface area contributed by atoms with E-state index in [9.17, 15) is 14.7 Å². The fourth-order valence-corrected chi connectivity index (χ4v) is 1.52. The van der Waals surface area contributed by atoms with Gasteiger partial charge in [-0.05, 0) is 12.5 Å². The third-order valence-electron chi connectivity index (χ3n) is 2.54. The van der Waals surface area contributed by atoms with Crippen LogP contribution in [0.15, 0.2) is 30.3 Å². The highest BCUT2D eigenvalue weighted by molar-refractivity contribution is 5.91. The lowest BCUT2D eigenvalue weighted by Gasteiger charge is -2.23. The lowest BCUT2D eigenvalue weighted by molar-refractivity contribution is 0.0793. The first-order valence-electron chi connectivity index (χ1n) is 6.29. The van der Waals surface area contributed by atoms with Crippen molar-refractivity contribution in [3.8, 4) is 6.19 Å². The summed E-state index contributed by atoms with van der Waals surface area (Å²) in [5.74, 6) is 0. The van der Waals surface area contributed by atoms with E-state index in [0.717, 1.165) is 5.56 Å². The average Bonchev–Trinajstić information content (AvgIpc) is 2.49. The van der Waals surface area contributed by atoms with Crippen molar-refractivity contribution < 1.29 is 19.4 Å². The second-order valence-electron chi connectivity index (χ2n) is 4.44. The number of carbonyl (C=O) groups excluding carboxylic acids is 2. The maximum absolute atomic E-state index is 11.9. The topological polar surface area (TPSA) is 93.9 Å². The van der Waals surface area contributed by atoms with Gasteiger partial charge in [0.15, 0.2) is 6.19 Å². The predicted octanol–water partition coefficient (Wildman–Crippen LogP) is 1.54. The Bertz CT molecular complexity index is 525. The van der Waals surface area contributed by atoms with Gasteiger partial charge in [-0.25, -0.2) is 19.4 Å². The van der Waals surface area contributed by atoms with Crippen molar-refractivity contribution in [3.05, 3.63) is 35.9 Å². The molecule has 1 atom stereocenters. The molecule has 0 aromatic heterocycles. The van der Waals surface area contributed by atoms with Crippen LogP contribution in [0.1, 0.15) is 12.5 Å². The maximum Gasteiger partial charge on any atom is 0.418 e. The molecule has 0 fully saturated rings. The molecule has 1 aromatic rings. The molecule has 0 bridgehead atoms. The van der Waals surface area contributed by atoms with Crippen molar-refractivity contribution in [2.45, 2.75) is 19.6 Å². The largest absolute Gasteiger partial charge is 0.444 e. The fraction of sp³-hybridized carbons (Fsp3) is 0.357. The minimum atomic E-state index is -0.926. The van der Waals surface area contributed by atoms with Crippen LogP contribution in [-0.4, -0.2) is 46.7 Å². The number of benzene rings is 1. The molecule has 1 rings (SSSR count). The highest BCUT2D eigenvalue weighted by atomic mass is 16.6. The summed E-state index contributed by atoms with van der Waals surface area (Å²) in [4.78, 5) is 25.2. The first-order valence-corrected chi connectivity index (χ1v) is 6.29. The van der Waals surface area contributed by atoms with Crippen LogP contribution in [0.4, 0.5) is 9.59 Å². The third kappa shape index (κ3) is 5.12. The zero-order valence-corrected chi connectivity index (χ0v) is 11.9. The van der Waals surface area contributed by atoms with Crippen LogP contribution in [0, 0.1) is 11.5 Å². The van der Waals surface area contributed by atoms with Gasteiger partial charge in [-0.1, -0.05) is 30.3 Å². The third-order valence-corrected chi connectivity index (χ3v) is 2.54. The minimum Gasteiger partial charge on any atom is -0.444 e. The minimum absolute atomic E-state index is 0.000466. The Hall–Kier alpha value is -2.59. The Kier molecular flexibility index (Phi) is 6.17. The second-order valence-corrected chi connectivity index (χ2v) is 4.44. The van der Waals surface area contributed by atoms with Gasteiger partial charge in [0.05, 0.1) is 12.6 Å². The molecule has 0 heterocycles. The number of ether oxygens (including phenoxy) is 1. The van der Waals surface area contributed by atoms with E-state index in [1.54, 1.807) is 30.5 Å². The van der Waals surface area contributed by atoms with Crippen molar-refractivity contribution in [1.82, 2.24) is 9.80 Å². The summed E-state index contributed by atoms with van der Waals surface area (Å²) in [5.41, 5.74) is 0.768. The maximum atomic E-state index is 11.9. The quantitative estimate of drug-likeness (QED) is 0.670. The van der Waals surface area contributed by atoms with Crippen molar-refractivity contribution in [1.29, 1.82) is 5.26 Å². The molecule has 0 saturated carbocycles. The van der Waals surface area contributed by atoms with Crippen LogP contribution in [0.2, 0.25) is 0 Å². The number of rotatable bonds is 4. The summed E-state index contributed by atoms with van der Waals surface area (Å²) < 4.78 is 5.03. The Morgan fingerprint density at radius 1 is 1.38 bits per heavy atom. The molecule has 1 aromatic carbocycles. The van der Waals surface area contributed by atoms with E-state index in [2.05, 4.69) is 0 Å². The van der Waals surface area contributed by atoms with Gasteiger partial charge in [0.2, 0.25) is 0 Å². The number of aliphatic hydroxyl groups is 1. The number of imide groups is 1. The van der Waals surface area contributed by atoms with Crippen molar-refractivity contribution in [2.75, 3.05) is 13.6 Å². The zero-order chi connectivity index (χ0) is 15.8. The summed E-state index contributed by atoms with van der Waals surface area (Å²) in [7, 11) is 1.22. The van der Waals surface area contributed by atoms with E-state index in [4.69, 9.17) is 10.00 Å². The van der Waals surface area contributed by atoms with Crippen molar-refractivity contribution in [2.24, 2.45) is 0 Å². The molecule has 0 unspecified atom stereocenters. The van der Waals surface area contributed by atoms with Crippen LogP contribution in [-0.2, 0) is 11.3 Å². The molecule has 0 aliphatic heterocycles. The lowest BCUT2D eigenvalue weighted by atomic mass is 10.2. The number of hydrogen-bond acceptors (Lipinski definition) is 5. The summed E-state index contributed by atoms with van der Waals surface area (Å²) >= 11 is 0.